The van der Waals surface area contributed by atoms with Gasteiger partial charge >= 0.3 is 0 Å². The van der Waals surface area contributed by atoms with Crippen molar-refractivity contribution in [3.8, 4) is 11.5 Å². The van der Waals surface area contributed by atoms with Crippen LogP contribution in [0.15, 0.2) is 53.4 Å². The molecule has 1 aliphatic heterocycles. The number of rotatable bonds is 9. The van der Waals surface area contributed by atoms with Crippen LogP contribution in [-0.2, 0) is 14.8 Å². The fourth-order valence-corrected chi connectivity index (χ4v) is 5.12. The number of piperidine rings is 1. The third-order valence-corrected chi connectivity index (χ3v) is 7.10. The maximum Gasteiger partial charge on any atom is 0.265 e. The molecule has 8 heteroatoms. The zero-order chi connectivity index (χ0) is 23.1. The first kappa shape index (κ1) is 24.1. The highest BCUT2D eigenvalue weighted by atomic mass is 32.2. The van der Waals surface area contributed by atoms with Crippen molar-refractivity contribution in [2.75, 3.05) is 18.4 Å². The predicted molar refractivity (Wildman–Crippen MR) is 125 cm³/mol. The average Bonchev–Trinajstić information content (AvgIpc) is 2.79. The Morgan fingerprint density at radius 2 is 1.72 bits per heavy atom. The first-order valence-electron chi connectivity index (χ1n) is 11.1. The van der Waals surface area contributed by atoms with E-state index in [0.717, 1.165) is 19.3 Å². The van der Waals surface area contributed by atoms with Crippen molar-refractivity contribution in [3.05, 3.63) is 48.5 Å². The van der Waals surface area contributed by atoms with Crippen LogP contribution in [0, 0.1) is 0 Å². The highest BCUT2D eigenvalue weighted by molar-refractivity contribution is 7.89. The molecule has 1 saturated heterocycles. The molecule has 3 rings (SSSR count). The smallest absolute Gasteiger partial charge is 0.265 e. The molecule has 0 aliphatic carbocycles. The summed E-state index contributed by atoms with van der Waals surface area (Å²) in [7, 11) is -3.64. The number of hydrogen-bond acceptors (Lipinski definition) is 5. The molecule has 1 fully saturated rings. The minimum atomic E-state index is -3.64. The van der Waals surface area contributed by atoms with Crippen molar-refractivity contribution in [2.45, 2.75) is 63.6 Å². The minimum absolute atomic E-state index is 0.141. The van der Waals surface area contributed by atoms with E-state index in [0.29, 0.717) is 36.7 Å². The molecule has 2 aromatic carbocycles. The molecule has 32 heavy (non-hydrogen) atoms. The number of anilines is 1. The van der Waals surface area contributed by atoms with Gasteiger partial charge in [0.2, 0.25) is 10.0 Å². The monoisotopic (exact) mass is 460 g/mol. The van der Waals surface area contributed by atoms with Gasteiger partial charge in [-0.25, -0.2) is 8.42 Å². The van der Waals surface area contributed by atoms with Crippen LogP contribution in [0.25, 0.3) is 0 Å². The number of carbonyl (C=O) groups is 1. The molecule has 2 aromatic rings. The Hall–Kier alpha value is -2.58. The lowest BCUT2D eigenvalue weighted by atomic mass is 10.2. The van der Waals surface area contributed by atoms with Crippen molar-refractivity contribution in [3.63, 3.8) is 0 Å². The van der Waals surface area contributed by atoms with Gasteiger partial charge in [0.15, 0.2) is 6.10 Å². The van der Waals surface area contributed by atoms with Crippen LogP contribution in [0.5, 0.6) is 11.5 Å². The number of nitrogens with zero attached hydrogens (tertiary/aromatic N) is 1. The molecule has 174 valence electrons. The Kier molecular flexibility index (Phi) is 8.15. The van der Waals surface area contributed by atoms with Crippen LogP contribution in [0.1, 0.15) is 46.5 Å². The molecular formula is C24H32N2O5S. The summed E-state index contributed by atoms with van der Waals surface area (Å²) in [4.78, 5) is 13.1. The zero-order valence-corrected chi connectivity index (χ0v) is 19.7. The van der Waals surface area contributed by atoms with Crippen molar-refractivity contribution >= 4 is 21.6 Å². The highest BCUT2D eigenvalue weighted by Gasteiger charge is 2.28. The Balaban J connectivity index is 1.86. The number of benzene rings is 2. The fraction of sp³-hybridized carbons (Fsp3) is 0.458. The molecule has 1 atom stereocenters. The predicted octanol–water partition coefficient (Wildman–Crippen LogP) is 4.44. The molecule has 0 saturated carbocycles. The molecule has 7 nitrogen and oxygen atoms in total. The molecule has 0 aromatic heterocycles. The first-order chi connectivity index (χ1) is 15.3. The van der Waals surface area contributed by atoms with E-state index >= 15 is 0 Å². The maximum absolute atomic E-state index is 13.1. The number of nitrogens with one attached hydrogen (secondary N) is 1. The summed E-state index contributed by atoms with van der Waals surface area (Å²) < 4.78 is 39.4. The maximum atomic E-state index is 13.1. The second-order valence-corrected chi connectivity index (χ2v) is 10.0. The Morgan fingerprint density at radius 1 is 1.03 bits per heavy atom. The summed E-state index contributed by atoms with van der Waals surface area (Å²) in [5, 5.41) is 2.83. The number of sulfonamides is 1. The van der Waals surface area contributed by atoms with E-state index in [-0.39, 0.29) is 16.9 Å². The van der Waals surface area contributed by atoms with E-state index in [9.17, 15) is 13.2 Å². The first-order valence-corrected chi connectivity index (χ1v) is 12.6. The fourth-order valence-electron chi connectivity index (χ4n) is 3.58. The van der Waals surface area contributed by atoms with E-state index < -0.39 is 16.1 Å². The Morgan fingerprint density at radius 3 is 2.34 bits per heavy atom. The van der Waals surface area contributed by atoms with Crippen molar-refractivity contribution in [1.29, 1.82) is 0 Å². The van der Waals surface area contributed by atoms with E-state index in [1.807, 2.05) is 39.0 Å². The van der Waals surface area contributed by atoms with Gasteiger partial charge in [-0.3, -0.25) is 4.79 Å². The van der Waals surface area contributed by atoms with Gasteiger partial charge in [-0.05, 0) is 63.4 Å². The Bertz CT molecular complexity index is 1000. The third kappa shape index (κ3) is 6.01. The van der Waals surface area contributed by atoms with Crippen LogP contribution in [0.3, 0.4) is 0 Å². The summed E-state index contributed by atoms with van der Waals surface area (Å²) in [6.45, 7) is 6.62. The lowest BCUT2D eigenvalue weighted by molar-refractivity contribution is -0.122. The van der Waals surface area contributed by atoms with Gasteiger partial charge in [0.05, 0.1) is 16.7 Å². The molecule has 1 unspecified atom stereocenters. The summed E-state index contributed by atoms with van der Waals surface area (Å²) in [5.41, 5.74) is 0.317. The van der Waals surface area contributed by atoms with Gasteiger partial charge in [0.25, 0.3) is 5.91 Å². The molecule has 0 radical (unpaired) electrons. The number of ether oxygens (including phenoxy) is 2. The largest absolute Gasteiger partial charge is 0.489 e. The zero-order valence-electron chi connectivity index (χ0n) is 18.9. The van der Waals surface area contributed by atoms with Gasteiger partial charge in [-0.1, -0.05) is 31.5 Å². The highest BCUT2D eigenvalue weighted by Crippen LogP contribution is 2.31. The minimum Gasteiger partial charge on any atom is -0.489 e. The van der Waals surface area contributed by atoms with Crippen LogP contribution < -0.4 is 14.8 Å². The van der Waals surface area contributed by atoms with Gasteiger partial charge in [0.1, 0.15) is 11.5 Å². The van der Waals surface area contributed by atoms with E-state index in [1.165, 1.54) is 16.4 Å². The molecule has 0 bridgehead atoms. The topological polar surface area (TPSA) is 84.9 Å². The van der Waals surface area contributed by atoms with Gasteiger partial charge < -0.3 is 14.8 Å². The second kappa shape index (κ2) is 10.8. The summed E-state index contributed by atoms with van der Waals surface area (Å²) in [6, 6.07) is 13.7. The lowest BCUT2D eigenvalue weighted by Crippen LogP contribution is -2.36. The lowest BCUT2D eigenvalue weighted by Gasteiger charge is -2.26. The molecule has 0 spiro atoms. The summed E-state index contributed by atoms with van der Waals surface area (Å²) in [6.07, 6.45) is 2.32. The number of carbonyl (C=O) groups excluding carboxylic acids is 1. The van der Waals surface area contributed by atoms with E-state index in [2.05, 4.69) is 5.32 Å². The normalized spacial score (nSPS) is 15.9. The van der Waals surface area contributed by atoms with Gasteiger partial charge in [-0.2, -0.15) is 4.31 Å². The summed E-state index contributed by atoms with van der Waals surface area (Å²) >= 11 is 0. The number of hydrogen-bond donors (Lipinski definition) is 1. The quantitative estimate of drug-likeness (QED) is 0.598. The van der Waals surface area contributed by atoms with Crippen LogP contribution >= 0.6 is 0 Å². The number of para-hydroxylation sites is 1. The summed E-state index contributed by atoms with van der Waals surface area (Å²) in [5.74, 6) is 0.646. The molecular weight excluding hydrogens is 428 g/mol. The third-order valence-electron chi connectivity index (χ3n) is 5.21. The van der Waals surface area contributed by atoms with Crippen LogP contribution in [0.2, 0.25) is 0 Å². The van der Waals surface area contributed by atoms with Gasteiger partial charge in [0, 0.05) is 13.1 Å². The second-order valence-electron chi connectivity index (χ2n) is 8.11. The SMILES string of the molecule is CCC(Oc1ccccc1)C(=O)Nc1cc(S(=O)(=O)N2CCCCC2)ccc1OC(C)C. The number of amides is 1. The van der Waals surface area contributed by atoms with Crippen molar-refractivity contribution in [1.82, 2.24) is 4.31 Å². The van der Waals surface area contributed by atoms with Crippen LogP contribution in [-0.4, -0.2) is 43.9 Å². The van der Waals surface area contributed by atoms with E-state index in [4.69, 9.17) is 9.47 Å². The van der Waals surface area contributed by atoms with Crippen molar-refractivity contribution in [2.24, 2.45) is 0 Å². The van der Waals surface area contributed by atoms with Gasteiger partial charge in [-0.15, -0.1) is 0 Å². The van der Waals surface area contributed by atoms with E-state index in [1.54, 1.807) is 18.2 Å². The molecule has 1 aliphatic rings. The van der Waals surface area contributed by atoms with Crippen molar-refractivity contribution < 1.29 is 22.7 Å². The standard InChI is InChI=1S/C24H32N2O5S/c1-4-22(31-19-11-7-5-8-12-19)24(27)25-21-17-20(13-14-23(21)30-18(2)3)32(28,29)26-15-9-6-10-16-26/h5,7-8,11-14,17-18,22H,4,6,9-10,15-16H2,1-3H3,(H,25,27). The molecule has 1 N–H and O–H groups in total. The molecule has 1 heterocycles. The molecule has 1 amide bonds. The average molecular weight is 461 g/mol. The van der Waals surface area contributed by atoms with Crippen LogP contribution in [0.4, 0.5) is 5.69 Å². The Labute approximate surface area is 190 Å².